The van der Waals surface area contributed by atoms with E-state index in [1.54, 1.807) is 13.2 Å². The molecule has 0 spiro atoms. The summed E-state index contributed by atoms with van der Waals surface area (Å²) in [6, 6.07) is 1.84. The van der Waals surface area contributed by atoms with E-state index in [0.717, 1.165) is 5.56 Å². The van der Waals surface area contributed by atoms with Crippen LogP contribution in [0.25, 0.3) is 0 Å². The lowest BCUT2D eigenvalue weighted by molar-refractivity contribution is -0.0760. The van der Waals surface area contributed by atoms with E-state index in [1.807, 2.05) is 26.8 Å². The van der Waals surface area contributed by atoms with Gasteiger partial charge in [-0.1, -0.05) is 34.1 Å². The van der Waals surface area contributed by atoms with Crippen molar-refractivity contribution in [2.75, 3.05) is 14.2 Å². The first-order chi connectivity index (χ1) is 8.08. The zero-order valence-electron chi connectivity index (χ0n) is 12.1. The van der Waals surface area contributed by atoms with E-state index in [9.17, 15) is 4.79 Å². The summed E-state index contributed by atoms with van der Waals surface area (Å²) >= 11 is 0. The number of carbonyl (C=O) groups excluding carboxylic acids is 1. The molecule has 1 aromatic heterocycles. The van der Waals surface area contributed by atoms with Crippen molar-refractivity contribution in [3.05, 3.63) is 23.5 Å². The smallest absolute Gasteiger partial charge is 0.293 e. The summed E-state index contributed by atoms with van der Waals surface area (Å²) in [6.45, 7) is 10.1. The van der Waals surface area contributed by atoms with Crippen LogP contribution in [0.15, 0.2) is 12.3 Å². The Labute approximate surface area is 105 Å². The Morgan fingerprint density at radius 3 is 2.18 bits per heavy atom. The van der Waals surface area contributed by atoms with Gasteiger partial charge in [-0.3, -0.25) is 9.63 Å². The van der Waals surface area contributed by atoms with Crippen LogP contribution in [0.3, 0.4) is 0 Å². The third-order valence-electron chi connectivity index (χ3n) is 1.73. The first-order valence-corrected chi connectivity index (χ1v) is 6.04. The molecule has 0 aliphatic rings. The molecular formula is C13H26N2O2. The molecule has 1 amide bonds. The molecule has 1 N–H and O–H groups in total. The third-order valence-corrected chi connectivity index (χ3v) is 1.73. The number of hydrogen-bond donors (Lipinski definition) is 1. The van der Waals surface area contributed by atoms with Crippen molar-refractivity contribution in [1.82, 2.24) is 10.0 Å². The maximum absolute atomic E-state index is 11.4. The van der Waals surface area contributed by atoms with E-state index < -0.39 is 0 Å². The standard InChI is InChI=1S/C8H12N2O2.C3H8.C2H6/c1-6-4-5-9-7(6)8(11)10(2)12-3;1-3-2;1-2/h4-5,9H,1-3H3;3H2,1-2H3;1-2H3. The van der Waals surface area contributed by atoms with Crippen molar-refractivity contribution in [3.63, 3.8) is 0 Å². The summed E-state index contributed by atoms with van der Waals surface area (Å²) in [4.78, 5) is 19.0. The van der Waals surface area contributed by atoms with Crippen LogP contribution in [0.4, 0.5) is 0 Å². The third kappa shape index (κ3) is 6.79. The fourth-order valence-electron chi connectivity index (χ4n) is 0.918. The van der Waals surface area contributed by atoms with Gasteiger partial charge < -0.3 is 4.98 Å². The molecule has 1 heterocycles. The second kappa shape index (κ2) is 11.2. The lowest BCUT2D eigenvalue weighted by atomic mass is 10.2. The Morgan fingerprint density at radius 2 is 1.88 bits per heavy atom. The molecule has 4 heteroatoms. The highest BCUT2D eigenvalue weighted by Crippen LogP contribution is 2.06. The van der Waals surface area contributed by atoms with Gasteiger partial charge in [-0.05, 0) is 18.6 Å². The lowest BCUT2D eigenvalue weighted by Gasteiger charge is -2.12. The van der Waals surface area contributed by atoms with Crippen LogP contribution in [0.2, 0.25) is 0 Å². The minimum Gasteiger partial charge on any atom is -0.357 e. The molecular weight excluding hydrogens is 216 g/mol. The van der Waals surface area contributed by atoms with Crippen molar-refractivity contribution in [2.24, 2.45) is 0 Å². The van der Waals surface area contributed by atoms with Crippen LogP contribution in [0.5, 0.6) is 0 Å². The van der Waals surface area contributed by atoms with Gasteiger partial charge in [0.1, 0.15) is 5.69 Å². The number of hydroxylamine groups is 2. The average Bonchev–Trinajstić information content (AvgIpc) is 2.77. The van der Waals surface area contributed by atoms with Crippen LogP contribution in [0.1, 0.15) is 50.2 Å². The van der Waals surface area contributed by atoms with Gasteiger partial charge in [-0.2, -0.15) is 0 Å². The highest BCUT2D eigenvalue weighted by molar-refractivity contribution is 5.92. The Hall–Kier alpha value is -1.29. The predicted octanol–water partition coefficient (Wildman–Crippen LogP) is 3.40. The first-order valence-electron chi connectivity index (χ1n) is 6.04. The Kier molecular flexibility index (Phi) is 11.9. The molecule has 0 saturated carbocycles. The predicted molar refractivity (Wildman–Crippen MR) is 71.9 cm³/mol. The highest BCUT2D eigenvalue weighted by atomic mass is 16.7. The maximum atomic E-state index is 11.4. The Balaban J connectivity index is 0. The molecule has 1 aromatic rings. The lowest BCUT2D eigenvalue weighted by Crippen LogP contribution is -2.26. The number of nitrogens with one attached hydrogen (secondary N) is 1. The number of nitrogens with zero attached hydrogens (tertiary/aromatic N) is 1. The minimum atomic E-state index is -0.167. The highest BCUT2D eigenvalue weighted by Gasteiger charge is 2.13. The molecule has 1 rings (SSSR count). The van der Waals surface area contributed by atoms with Crippen molar-refractivity contribution in [3.8, 4) is 0 Å². The van der Waals surface area contributed by atoms with Gasteiger partial charge in [-0.25, -0.2) is 5.06 Å². The van der Waals surface area contributed by atoms with E-state index in [2.05, 4.69) is 18.8 Å². The van der Waals surface area contributed by atoms with Gasteiger partial charge >= 0.3 is 0 Å². The number of carbonyl (C=O) groups is 1. The molecule has 0 saturated heterocycles. The fraction of sp³-hybridized carbons (Fsp3) is 0.615. The van der Waals surface area contributed by atoms with Crippen LogP contribution >= 0.6 is 0 Å². The molecule has 4 nitrogen and oxygen atoms in total. The second-order valence-electron chi connectivity index (χ2n) is 3.23. The summed E-state index contributed by atoms with van der Waals surface area (Å²) < 4.78 is 0. The van der Waals surface area contributed by atoms with Crippen LogP contribution in [0, 0.1) is 6.92 Å². The van der Waals surface area contributed by atoms with Crippen molar-refractivity contribution in [1.29, 1.82) is 0 Å². The van der Waals surface area contributed by atoms with Crippen LogP contribution in [-0.2, 0) is 4.84 Å². The summed E-state index contributed by atoms with van der Waals surface area (Å²) in [5, 5.41) is 1.18. The Bertz CT molecular complexity index is 295. The molecule has 0 aliphatic carbocycles. The summed E-state index contributed by atoms with van der Waals surface area (Å²) in [5.41, 5.74) is 1.49. The zero-order valence-corrected chi connectivity index (χ0v) is 12.1. The molecule has 100 valence electrons. The SMILES string of the molecule is CC.CCC.CON(C)C(=O)c1[nH]ccc1C. The molecule has 0 aliphatic heterocycles. The largest absolute Gasteiger partial charge is 0.357 e. The number of aryl methyl sites for hydroxylation is 1. The summed E-state index contributed by atoms with van der Waals surface area (Å²) in [6.07, 6.45) is 2.98. The van der Waals surface area contributed by atoms with Gasteiger partial charge in [-0.15, -0.1) is 0 Å². The van der Waals surface area contributed by atoms with Crippen molar-refractivity contribution >= 4 is 5.91 Å². The minimum absolute atomic E-state index is 0.167. The quantitative estimate of drug-likeness (QED) is 0.808. The van der Waals surface area contributed by atoms with Gasteiger partial charge in [0.2, 0.25) is 0 Å². The molecule has 0 aromatic carbocycles. The summed E-state index contributed by atoms with van der Waals surface area (Å²) in [5.74, 6) is -0.167. The molecule has 0 radical (unpaired) electrons. The Morgan fingerprint density at radius 1 is 1.41 bits per heavy atom. The number of hydrogen-bond acceptors (Lipinski definition) is 2. The maximum Gasteiger partial charge on any atom is 0.293 e. The first kappa shape index (κ1) is 18.1. The molecule has 0 atom stereocenters. The molecule has 0 unspecified atom stereocenters. The van der Waals surface area contributed by atoms with Crippen molar-refractivity contribution in [2.45, 2.75) is 41.0 Å². The number of amides is 1. The van der Waals surface area contributed by atoms with Gasteiger partial charge in [0.15, 0.2) is 0 Å². The van der Waals surface area contributed by atoms with E-state index in [4.69, 9.17) is 4.84 Å². The summed E-state index contributed by atoms with van der Waals surface area (Å²) in [7, 11) is 3.03. The number of rotatable bonds is 2. The topological polar surface area (TPSA) is 45.3 Å². The zero-order chi connectivity index (χ0) is 13.8. The monoisotopic (exact) mass is 242 g/mol. The molecule has 0 fully saturated rings. The van der Waals surface area contributed by atoms with Crippen molar-refractivity contribution < 1.29 is 9.63 Å². The number of aromatic nitrogens is 1. The van der Waals surface area contributed by atoms with E-state index in [-0.39, 0.29) is 5.91 Å². The molecule has 0 bridgehead atoms. The van der Waals surface area contributed by atoms with Gasteiger partial charge in [0.25, 0.3) is 5.91 Å². The normalized spacial score (nSPS) is 8.41. The van der Waals surface area contributed by atoms with Crippen LogP contribution < -0.4 is 0 Å². The number of H-pyrrole nitrogens is 1. The van der Waals surface area contributed by atoms with E-state index in [1.165, 1.54) is 18.6 Å². The fourth-order valence-corrected chi connectivity index (χ4v) is 0.918. The average molecular weight is 242 g/mol. The van der Waals surface area contributed by atoms with Gasteiger partial charge in [0.05, 0.1) is 7.11 Å². The van der Waals surface area contributed by atoms with E-state index in [0.29, 0.717) is 5.69 Å². The van der Waals surface area contributed by atoms with Gasteiger partial charge in [0, 0.05) is 13.2 Å². The molecule has 17 heavy (non-hydrogen) atoms. The number of aromatic amines is 1. The van der Waals surface area contributed by atoms with E-state index >= 15 is 0 Å². The second-order valence-corrected chi connectivity index (χ2v) is 3.23. The van der Waals surface area contributed by atoms with Crippen LogP contribution in [-0.4, -0.2) is 30.1 Å².